The van der Waals surface area contributed by atoms with Gasteiger partial charge in [-0.2, -0.15) is 0 Å². The van der Waals surface area contributed by atoms with Gasteiger partial charge < -0.3 is 20.1 Å². The molecule has 114 valence electrons. The fourth-order valence-electron chi connectivity index (χ4n) is 2.00. The first-order chi connectivity index (χ1) is 10.3. The van der Waals surface area contributed by atoms with Gasteiger partial charge in [-0.25, -0.2) is 0 Å². The van der Waals surface area contributed by atoms with Crippen LogP contribution in [0.1, 0.15) is 19.8 Å². The molecular weight excluding hydrogens is 266 g/mol. The summed E-state index contributed by atoms with van der Waals surface area (Å²) in [6.07, 6.45) is 6.04. The maximum atomic E-state index is 5.68. The molecule has 2 rings (SSSR count). The number of aliphatic imine (C=N–C) groups is 1. The highest BCUT2D eigenvalue weighted by atomic mass is 16.5. The number of hydrogen-bond donors (Lipinski definition) is 2. The predicted octanol–water partition coefficient (Wildman–Crippen LogP) is 2.80. The fraction of sp³-hybridized carbons (Fsp3) is 0.438. The predicted molar refractivity (Wildman–Crippen MR) is 86.5 cm³/mol. The molecule has 0 aromatic heterocycles. The lowest BCUT2D eigenvalue weighted by molar-refractivity contribution is 0.297. The number of guanidine groups is 1. The van der Waals surface area contributed by atoms with Crippen LogP contribution in [0.25, 0.3) is 0 Å². The first kappa shape index (κ1) is 15.2. The highest BCUT2D eigenvalue weighted by molar-refractivity contribution is 5.93. The average Bonchev–Trinajstić information content (AvgIpc) is 2.75. The van der Waals surface area contributed by atoms with Gasteiger partial charge in [0.15, 0.2) is 17.5 Å². The summed E-state index contributed by atoms with van der Waals surface area (Å²) >= 11 is 0. The molecule has 0 atom stereocenters. The van der Waals surface area contributed by atoms with Gasteiger partial charge in [-0.3, -0.25) is 4.99 Å². The van der Waals surface area contributed by atoms with E-state index >= 15 is 0 Å². The molecule has 2 N–H and O–H groups in total. The van der Waals surface area contributed by atoms with Gasteiger partial charge >= 0.3 is 0 Å². The number of nitrogens with one attached hydrogen (secondary N) is 2. The molecule has 0 amide bonds. The van der Waals surface area contributed by atoms with Crippen molar-refractivity contribution in [2.75, 3.05) is 32.1 Å². The maximum Gasteiger partial charge on any atom is 0.195 e. The molecule has 5 nitrogen and oxygen atoms in total. The smallest absolute Gasteiger partial charge is 0.195 e. The van der Waals surface area contributed by atoms with E-state index in [1.807, 2.05) is 31.2 Å². The van der Waals surface area contributed by atoms with Crippen LogP contribution in [0.4, 0.5) is 5.69 Å². The monoisotopic (exact) mass is 289 g/mol. The lowest BCUT2D eigenvalue weighted by atomic mass is 10.2. The van der Waals surface area contributed by atoms with Crippen LogP contribution in [0.2, 0.25) is 0 Å². The maximum absolute atomic E-state index is 5.68. The minimum Gasteiger partial charge on any atom is -0.490 e. The van der Waals surface area contributed by atoms with Crippen molar-refractivity contribution in [3.05, 3.63) is 30.4 Å². The first-order valence-electron chi connectivity index (χ1n) is 7.32. The van der Waals surface area contributed by atoms with E-state index in [1.165, 1.54) is 0 Å². The third-order valence-electron chi connectivity index (χ3n) is 3.07. The quantitative estimate of drug-likeness (QED) is 0.387. The lowest BCUT2D eigenvalue weighted by Gasteiger charge is -2.13. The van der Waals surface area contributed by atoms with Gasteiger partial charge in [-0.05, 0) is 25.5 Å². The van der Waals surface area contributed by atoms with Gasteiger partial charge in [0.1, 0.15) is 0 Å². The molecule has 0 fully saturated rings. The number of anilines is 1. The average molecular weight is 289 g/mol. The zero-order valence-corrected chi connectivity index (χ0v) is 12.7. The Morgan fingerprint density at radius 2 is 2.10 bits per heavy atom. The second-order valence-corrected chi connectivity index (χ2v) is 4.69. The van der Waals surface area contributed by atoms with Crippen molar-refractivity contribution in [3.8, 4) is 11.5 Å². The number of fused-ring (bicyclic) bond motifs is 1. The van der Waals surface area contributed by atoms with Crippen LogP contribution < -0.4 is 20.1 Å². The van der Waals surface area contributed by atoms with E-state index in [1.54, 1.807) is 7.05 Å². The first-order valence-corrected chi connectivity index (χ1v) is 7.32. The zero-order valence-electron chi connectivity index (χ0n) is 12.7. The van der Waals surface area contributed by atoms with Gasteiger partial charge in [0, 0.05) is 31.8 Å². The van der Waals surface area contributed by atoms with E-state index in [9.17, 15) is 0 Å². The van der Waals surface area contributed by atoms with Crippen LogP contribution in [0, 0.1) is 0 Å². The van der Waals surface area contributed by atoms with Crippen LogP contribution in [-0.4, -0.2) is 32.8 Å². The van der Waals surface area contributed by atoms with E-state index in [0.29, 0.717) is 13.2 Å². The van der Waals surface area contributed by atoms with Gasteiger partial charge in [-0.15, -0.1) is 0 Å². The van der Waals surface area contributed by atoms with Crippen LogP contribution in [0.15, 0.2) is 35.3 Å². The van der Waals surface area contributed by atoms with E-state index in [4.69, 9.17) is 9.47 Å². The SMILES string of the molecule is C/C=C/CCNC(=NC)Nc1ccc2c(c1)OCCCO2. The third kappa shape index (κ3) is 4.70. The van der Waals surface area contributed by atoms with Gasteiger partial charge in [0.2, 0.25) is 0 Å². The molecule has 1 aliphatic heterocycles. The second-order valence-electron chi connectivity index (χ2n) is 4.69. The Balaban J connectivity index is 1.96. The van der Waals surface area contributed by atoms with Gasteiger partial charge in [0.05, 0.1) is 13.2 Å². The molecule has 1 aromatic rings. The summed E-state index contributed by atoms with van der Waals surface area (Å²) in [7, 11) is 1.76. The second kappa shape index (κ2) is 8.19. The molecule has 0 unspecified atom stereocenters. The number of benzene rings is 1. The van der Waals surface area contributed by atoms with Crippen molar-refractivity contribution in [1.29, 1.82) is 0 Å². The summed E-state index contributed by atoms with van der Waals surface area (Å²) in [4.78, 5) is 4.21. The van der Waals surface area contributed by atoms with Gasteiger partial charge in [-0.1, -0.05) is 12.2 Å². The molecule has 0 saturated heterocycles. The summed E-state index contributed by atoms with van der Waals surface area (Å²) in [5, 5.41) is 6.52. The molecule has 1 aliphatic rings. The number of ether oxygens (including phenoxy) is 2. The number of allylic oxidation sites excluding steroid dienone is 1. The Morgan fingerprint density at radius 3 is 2.86 bits per heavy atom. The van der Waals surface area contributed by atoms with E-state index < -0.39 is 0 Å². The molecule has 0 saturated carbocycles. The normalized spacial score (nSPS) is 14.9. The molecule has 21 heavy (non-hydrogen) atoms. The zero-order chi connectivity index (χ0) is 14.9. The van der Waals surface area contributed by atoms with Crippen LogP contribution in [-0.2, 0) is 0 Å². The largest absolute Gasteiger partial charge is 0.490 e. The summed E-state index contributed by atoms with van der Waals surface area (Å²) < 4.78 is 11.3. The van der Waals surface area contributed by atoms with Crippen molar-refractivity contribution in [1.82, 2.24) is 5.32 Å². The highest BCUT2D eigenvalue weighted by Gasteiger charge is 2.11. The van der Waals surface area contributed by atoms with E-state index in [2.05, 4.69) is 21.7 Å². The summed E-state index contributed by atoms with van der Waals surface area (Å²) in [5.74, 6) is 2.32. The topological polar surface area (TPSA) is 54.9 Å². The minimum absolute atomic E-state index is 0.687. The molecule has 0 spiro atoms. The van der Waals surface area contributed by atoms with Crippen molar-refractivity contribution < 1.29 is 9.47 Å². The molecule has 5 heteroatoms. The van der Waals surface area contributed by atoms with Crippen molar-refractivity contribution in [2.45, 2.75) is 19.8 Å². The highest BCUT2D eigenvalue weighted by Crippen LogP contribution is 2.32. The summed E-state index contributed by atoms with van der Waals surface area (Å²) in [6.45, 7) is 4.25. The van der Waals surface area contributed by atoms with Crippen LogP contribution in [0.5, 0.6) is 11.5 Å². The Labute approximate surface area is 126 Å². The Hall–Kier alpha value is -2.17. The van der Waals surface area contributed by atoms with Crippen molar-refractivity contribution in [3.63, 3.8) is 0 Å². The minimum atomic E-state index is 0.687. The summed E-state index contributed by atoms with van der Waals surface area (Å²) in [5.41, 5.74) is 0.929. The van der Waals surface area contributed by atoms with Crippen LogP contribution in [0.3, 0.4) is 0 Å². The Bertz CT molecular complexity index is 512. The third-order valence-corrected chi connectivity index (χ3v) is 3.07. The molecule has 1 aromatic carbocycles. The van der Waals surface area contributed by atoms with Crippen molar-refractivity contribution >= 4 is 11.6 Å². The number of rotatable bonds is 4. The molecular formula is C16H23N3O2. The fourth-order valence-corrected chi connectivity index (χ4v) is 2.00. The molecule has 1 heterocycles. The van der Waals surface area contributed by atoms with Crippen molar-refractivity contribution in [2.24, 2.45) is 4.99 Å². The number of hydrogen-bond acceptors (Lipinski definition) is 3. The Kier molecular flexibility index (Phi) is 5.94. The summed E-state index contributed by atoms with van der Waals surface area (Å²) in [6, 6.07) is 5.84. The lowest BCUT2D eigenvalue weighted by Crippen LogP contribution is -2.31. The van der Waals surface area contributed by atoms with E-state index in [-0.39, 0.29) is 0 Å². The standard InChI is InChI=1S/C16H23N3O2/c1-3-4-5-9-18-16(17-2)19-13-7-8-14-15(12-13)21-11-6-10-20-14/h3-4,7-8,12H,5-6,9-11H2,1-2H3,(H2,17,18,19)/b4-3+. The van der Waals surface area contributed by atoms with Crippen LogP contribution >= 0.6 is 0 Å². The van der Waals surface area contributed by atoms with E-state index in [0.717, 1.165) is 42.5 Å². The van der Waals surface area contributed by atoms with Gasteiger partial charge in [0.25, 0.3) is 0 Å². The molecule has 0 aliphatic carbocycles. The Morgan fingerprint density at radius 1 is 1.29 bits per heavy atom. The number of nitrogens with zero attached hydrogens (tertiary/aromatic N) is 1. The molecule has 0 bridgehead atoms. The molecule has 0 radical (unpaired) electrons.